The topological polar surface area (TPSA) is 78.4 Å². The minimum atomic E-state index is -0.782. The van der Waals surface area contributed by atoms with E-state index in [1.54, 1.807) is 25.1 Å². The van der Waals surface area contributed by atoms with Gasteiger partial charge in [0.15, 0.2) is 0 Å². The van der Waals surface area contributed by atoms with Gasteiger partial charge in [-0.15, -0.1) is 0 Å². The van der Waals surface area contributed by atoms with E-state index in [-0.39, 0.29) is 19.1 Å². The molecule has 0 spiro atoms. The first-order valence-electron chi connectivity index (χ1n) is 5.90. The third-order valence-electron chi connectivity index (χ3n) is 2.50. The number of nitrogens with one attached hydrogen (secondary N) is 2. The lowest BCUT2D eigenvalue weighted by atomic mass is 10.2. The molecule has 1 unspecified atom stereocenters. The Kier molecular flexibility index (Phi) is 5.79. The SMILES string of the molecule is Cc1ccc(NC(=O)C(=O)NCC(C)CO)c(Cl)c1. The van der Waals surface area contributed by atoms with E-state index in [1.165, 1.54) is 0 Å². The molecule has 104 valence electrons. The van der Waals surface area contributed by atoms with Crippen molar-refractivity contribution in [3.63, 3.8) is 0 Å². The minimum Gasteiger partial charge on any atom is -0.396 e. The summed E-state index contributed by atoms with van der Waals surface area (Å²) in [5.74, 6) is -1.63. The van der Waals surface area contributed by atoms with Gasteiger partial charge < -0.3 is 15.7 Å². The van der Waals surface area contributed by atoms with E-state index >= 15 is 0 Å². The van der Waals surface area contributed by atoms with Crippen LogP contribution in [0.1, 0.15) is 12.5 Å². The Bertz CT molecular complexity index is 477. The lowest BCUT2D eigenvalue weighted by molar-refractivity contribution is -0.136. The molecule has 0 saturated carbocycles. The summed E-state index contributed by atoms with van der Waals surface area (Å²) >= 11 is 5.95. The maximum atomic E-state index is 11.6. The molecule has 19 heavy (non-hydrogen) atoms. The van der Waals surface area contributed by atoms with Crippen LogP contribution >= 0.6 is 11.6 Å². The number of aliphatic hydroxyl groups is 1. The number of rotatable bonds is 4. The van der Waals surface area contributed by atoms with Crippen LogP contribution in [0.25, 0.3) is 0 Å². The van der Waals surface area contributed by atoms with E-state index in [9.17, 15) is 9.59 Å². The van der Waals surface area contributed by atoms with Crippen molar-refractivity contribution in [3.8, 4) is 0 Å². The summed E-state index contributed by atoms with van der Waals surface area (Å²) in [6.45, 7) is 3.82. The normalized spacial score (nSPS) is 11.8. The van der Waals surface area contributed by atoms with Gasteiger partial charge in [-0.1, -0.05) is 24.6 Å². The van der Waals surface area contributed by atoms with Gasteiger partial charge in [-0.25, -0.2) is 0 Å². The zero-order chi connectivity index (χ0) is 14.4. The number of hydrogen-bond donors (Lipinski definition) is 3. The van der Waals surface area contributed by atoms with Gasteiger partial charge >= 0.3 is 11.8 Å². The Morgan fingerprint density at radius 1 is 1.37 bits per heavy atom. The molecule has 0 bridgehead atoms. The number of anilines is 1. The molecule has 0 fully saturated rings. The molecule has 2 amide bonds. The van der Waals surface area contributed by atoms with Crippen LogP contribution in [0.2, 0.25) is 5.02 Å². The number of benzene rings is 1. The number of aryl methyl sites for hydroxylation is 1. The highest BCUT2D eigenvalue weighted by molar-refractivity contribution is 6.41. The second-order valence-corrected chi connectivity index (χ2v) is 4.84. The van der Waals surface area contributed by atoms with E-state index < -0.39 is 11.8 Å². The Morgan fingerprint density at radius 3 is 2.63 bits per heavy atom. The lowest BCUT2D eigenvalue weighted by Crippen LogP contribution is -2.38. The molecular weight excluding hydrogens is 268 g/mol. The van der Waals surface area contributed by atoms with Crippen molar-refractivity contribution in [1.29, 1.82) is 0 Å². The van der Waals surface area contributed by atoms with Crippen LogP contribution in [0.15, 0.2) is 18.2 Å². The van der Waals surface area contributed by atoms with Crippen molar-refractivity contribution < 1.29 is 14.7 Å². The number of carbonyl (C=O) groups is 2. The van der Waals surface area contributed by atoms with E-state index in [4.69, 9.17) is 16.7 Å². The highest BCUT2D eigenvalue weighted by Gasteiger charge is 2.15. The minimum absolute atomic E-state index is 0.0499. The van der Waals surface area contributed by atoms with Gasteiger partial charge in [0.1, 0.15) is 0 Å². The van der Waals surface area contributed by atoms with Crippen LogP contribution in [0, 0.1) is 12.8 Å². The highest BCUT2D eigenvalue weighted by atomic mass is 35.5. The van der Waals surface area contributed by atoms with E-state index in [0.29, 0.717) is 10.7 Å². The van der Waals surface area contributed by atoms with Gasteiger partial charge in [0.25, 0.3) is 0 Å². The van der Waals surface area contributed by atoms with Crippen molar-refractivity contribution in [1.82, 2.24) is 5.32 Å². The molecule has 1 atom stereocenters. The third kappa shape index (κ3) is 4.89. The molecule has 6 heteroatoms. The average Bonchev–Trinajstić information content (AvgIpc) is 2.38. The van der Waals surface area contributed by atoms with Crippen LogP contribution in [-0.2, 0) is 9.59 Å². The quantitative estimate of drug-likeness (QED) is 0.730. The standard InChI is InChI=1S/C13H17ClN2O3/c1-8-3-4-11(10(14)5-8)16-13(19)12(18)15-6-9(2)7-17/h3-5,9,17H,6-7H2,1-2H3,(H,15,18)(H,16,19). The van der Waals surface area contributed by atoms with Crippen LogP contribution in [0.3, 0.4) is 0 Å². The Morgan fingerprint density at radius 2 is 2.05 bits per heavy atom. The molecule has 0 aromatic heterocycles. The van der Waals surface area contributed by atoms with Gasteiger partial charge in [0.2, 0.25) is 0 Å². The number of halogens is 1. The van der Waals surface area contributed by atoms with Crippen LogP contribution in [0.4, 0.5) is 5.69 Å². The predicted molar refractivity (Wildman–Crippen MR) is 74.1 cm³/mol. The summed E-state index contributed by atoms with van der Waals surface area (Å²) in [6, 6.07) is 5.12. The summed E-state index contributed by atoms with van der Waals surface area (Å²) in [5, 5.41) is 14.1. The van der Waals surface area contributed by atoms with Crippen molar-refractivity contribution in [2.24, 2.45) is 5.92 Å². The monoisotopic (exact) mass is 284 g/mol. The fraction of sp³-hybridized carbons (Fsp3) is 0.385. The molecule has 1 rings (SSSR count). The Balaban J connectivity index is 2.56. The van der Waals surface area contributed by atoms with E-state index in [1.807, 2.05) is 6.92 Å². The summed E-state index contributed by atoms with van der Waals surface area (Å²) in [5.41, 5.74) is 1.35. The van der Waals surface area contributed by atoms with Gasteiger partial charge in [-0.3, -0.25) is 9.59 Å². The Hall–Kier alpha value is -1.59. The van der Waals surface area contributed by atoms with Crippen LogP contribution < -0.4 is 10.6 Å². The number of carbonyl (C=O) groups excluding carboxylic acids is 2. The first-order chi connectivity index (χ1) is 8.93. The van der Waals surface area contributed by atoms with E-state index in [0.717, 1.165) is 5.56 Å². The molecule has 3 N–H and O–H groups in total. The molecule has 1 aromatic carbocycles. The zero-order valence-electron chi connectivity index (χ0n) is 10.9. The molecule has 0 heterocycles. The maximum Gasteiger partial charge on any atom is 0.313 e. The first-order valence-corrected chi connectivity index (χ1v) is 6.28. The summed E-state index contributed by atoms with van der Waals surface area (Å²) in [4.78, 5) is 23.1. The van der Waals surface area contributed by atoms with Gasteiger partial charge in [-0.2, -0.15) is 0 Å². The van der Waals surface area contributed by atoms with Gasteiger partial charge in [0, 0.05) is 13.2 Å². The molecule has 0 aliphatic carbocycles. The van der Waals surface area contributed by atoms with Crippen molar-refractivity contribution in [3.05, 3.63) is 28.8 Å². The molecule has 0 saturated heterocycles. The molecule has 5 nitrogen and oxygen atoms in total. The van der Waals surface area contributed by atoms with Crippen LogP contribution in [-0.4, -0.2) is 30.1 Å². The zero-order valence-corrected chi connectivity index (χ0v) is 11.6. The summed E-state index contributed by atoms with van der Waals surface area (Å²) in [6.07, 6.45) is 0. The molecule has 1 aromatic rings. The first kappa shape index (κ1) is 15.5. The fourth-order valence-electron chi connectivity index (χ4n) is 1.31. The number of hydrogen-bond acceptors (Lipinski definition) is 3. The van der Waals surface area contributed by atoms with Crippen molar-refractivity contribution in [2.45, 2.75) is 13.8 Å². The maximum absolute atomic E-state index is 11.6. The summed E-state index contributed by atoms with van der Waals surface area (Å²) < 4.78 is 0. The Labute approximate surface area is 117 Å². The second kappa shape index (κ2) is 7.11. The smallest absolute Gasteiger partial charge is 0.313 e. The molecule has 0 aliphatic heterocycles. The highest BCUT2D eigenvalue weighted by Crippen LogP contribution is 2.22. The fourth-order valence-corrected chi connectivity index (χ4v) is 1.59. The molecule has 0 aliphatic rings. The largest absolute Gasteiger partial charge is 0.396 e. The van der Waals surface area contributed by atoms with E-state index in [2.05, 4.69) is 10.6 Å². The van der Waals surface area contributed by atoms with Gasteiger partial charge in [0.05, 0.1) is 10.7 Å². The third-order valence-corrected chi connectivity index (χ3v) is 2.81. The summed E-state index contributed by atoms with van der Waals surface area (Å²) in [7, 11) is 0. The van der Waals surface area contributed by atoms with Crippen molar-refractivity contribution in [2.75, 3.05) is 18.5 Å². The number of amides is 2. The lowest BCUT2D eigenvalue weighted by Gasteiger charge is -2.10. The predicted octanol–water partition coefficient (Wildman–Crippen LogP) is 1.33. The molecular formula is C13H17ClN2O3. The van der Waals surface area contributed by atoms with Crippen LogP contribution in [0.5, 0.6) is 0 Å². The van der Waals surface area contributed by atoms with Crippen molar-refractivity contribution >= 4 is 29.1 Å². The average molecular weight is 285 g/mol. The van der Waals surface area contributed by atoms with Gasteiger partial charge in [-0.05, 0) is 30.5 Å². The molecule has 0 radical (unpaired) electrons. The second-order valence-electron chi connectivity index (χ2n) is 4.44. The number of aliphatic hydroxyl groups excluding tert-OH is 1.